The molecule has 0 saturated carbocycles. The van der Waals surface area contributed by atoms with Crippen molar-refractivity contribution in [2.45, 2.75) is 25.0 Å². The quantitative estimate of drug-likeness (QED) is 0.858. The Bertz CT molecular complexity index is 461. The number of carboxylic acids is 1. The summed E-state index contributed by atoms with van der Waals surface area (Å²) in [6.45, 7) is 1.05. The molecule has 2 rings (SSSR count). The molecular weight excluding hydrogens is 256 g/mol. The summed E-state index contributed by atoms with van der Waals surface area (Å²) in [4.78, 5) is 11.2. The number of halogens is 2. The minimum atomic E-state index is -1.14. The molecule has 0 spiro atoms. The first-order valence-corrected chi connectivity index (χ1v) is 6.10. The monoisotopic (exact) mass is 271 g/mol. The number of carbonyl (C=O) groups is 1. The second kappa shape index (κ2) is 6.08. The van der Waals surface area contributed by atoms with Gasteiger partial charge in [-0.3, -0.25) is 10.1 Å². The zero-order valence-corrected chi connectivity index (χ0v) is 10.2. The van der Waals surface area contributed by atoms with Crippen molar-refractivity contribution in [3.05, 3.63) is 35.4 Å². The third-order valence-electron chi connectivity index (χ3n) is 3.10. The van der Waals surface area contributed by atoms with Gasteiger partial charge in [0, 0.05) is 13.2 Å². The van der Waals surface area contributed by atoms with E-state index in [1.807, 2.05) is 0 Å². The predicted octanol–water partition coefficient (Wildman–Crippen LogP) is 1.86. The van der Waals surface area contributed by atoms with Gasteiger partial charge in [0.2, 0.25) is 0 Å². The van der Waals surface area contributed by atoms with Crippen LogP contribution in [0.25, 0.3) is 0 Å². The Balaban J connectivity index is 2.05. The Morgan fingerprint density at radius 1 is 1.47 bits per heavy atom. The normalized spacial score (nSPS) is 20.4. The first kappa shape index (κ1) is 13.9. The number of hydrogen-bond donors (Lipinski definition) is 2. The van der Waals surface area contributed by atoms with Crippen molar-refractivity contribution < 1.29 is 23.4 Å². The molecule has 1 aromatic carbocycles. The fraction of sp³-hybridized carbons (Fsp3) is 0.462. The highest BCUT2D eigenvalue weighted by Gasteiger charge is 2.23. The number of benzene rings is 1. The van der Waals surface area contributed by atoms with Gasteiger partial charge in [0.15, 0.2) is 11.6 Å². The van der Waals surface area contributed by atoms with Crippen molar-refractivity contribution in [1.82, 2.24) is 5.32 Å². The number of aliphatic carboxylic acids is 1. The maximum absolute atomic E-state index is 13.1. The van der Waals surface area contributed by atoms with E-state index in [0.29, 0.717) is 13.2 Å². The minimum Gasteiger partial charge on any atom is -0.480 e. The van der Waals surface area contributed by atoms with Gasteiger partial charge in [-0.05, 0) is 30.5 Å². The lowest BCUT2D eigenvalue weighted by atomic mass is 10.1. The predicted molar refractivity (Wildman–Crippen MR) is 63.7 cm³/mol. The molecular formula is C13H15F2NO3. The summed E-state index contributed by atoms with van der Waals surface area (Å²) < 4.78 is 31.3. The van der Waals surface area contributed by atoms with Gasteiger partial charge in [-0.25, -0.2) is 8.78 Å². The van der Waals surface area contributed by atoms with Crippen LogP contribution in [0.1, 0.15) is 24.4 Å². The molecule has 1 heterocycles. The molecule has 1 aliphatic rings. The maximum Gasteiger partial charge on any atom is 0.325 e. The smallest absolute Gasteiger partial charge is 0.325 e. The molecule has 0 bridgehead atoms. The van der Waals surface area contributed by atoms with Gasteiger partial charge >= 0.3 is 5.97 Å². The van der Waals surface area contributed by atoms with Crippen molar-refractivity contribution in [2.75, 3.05) is 13.2 Å². The summed E-state index contributed by atoms with van der Waals surface area (Å²) in [7, 11) is 0. The van der Waals surface area contributed by atoms with Crippen LogP contribution in [0, 0.1) is 11.6 Å². The molecule has 2 unspecified atom stereocenters. The van der Waals surface area contributed by atoms with Gasteiger partial charge in [-0.1, -0.05) is 6.07 Å². The van der Waals surface area contributed by atoms with Crippen LogP contribution in [-0.4, -0.2) is 30.3 Å². The Morgan fingerprint density at radius 3 is 2.84 bits per heavy atom. The highest BCUT2D eigenvalue weighted by atomic mass is 19.2. The number of ether oxygens (including phenoxy) is 1. The molecule has 1 aromatic rings. The first-order valence-electron chi connectivity index (χ1n) is 6.10. The average molecular weight is 271 g/mol. The zero-order chi connectivity index (χ0) is 13.8. The van der Waals surface area contributed by atoms with Crippen LogP contribution < -0.4 is 5.32 Å². The summed E-state index contributed by atoms with van der Waals surface area (Å²) in [6, 6.07) is 2.02. The summed E-state index contributed by atoms with van der Waals surface area (Å²) in [5.74, 6) is -3.18. The highest BCUT2D eigenvalue weighted by molar-refractivity contribution is 5.75. The molecule has 2 N–H and O–H groups in total. The molecule has 0 amide bonds. The van der Waals surface area contributed by atoms with Crippen LogP contribution in [0.5, 0.6) is 0 Å². The SMILES string of the molecule is O=C(O)C(NCC1CCCO1)c1ccc(F)c(F)c1. The van der Waals surface area contributed by atoms with Crippen LogP contribution in [0.4, 0.5) is 8.78 Å². The van der Waals surface area contributed by atoms with E-state index in [9.17, 15) is 13.6 Å². The lowest BCUT2D eigenvalue weighted by Crippen LogP contribution is -2.34. The number of nitrogens with one attached hydrogen (secondary N) is 1. The van der Waals surface area contributed by atoms with Gasteiger partial charge in [-0.2, -0.15) is 0 Å². The van der Waals surface area contributed by atoms with Crippen molar-refractivity contribution in [2.24, 2.45) is 0 Å². The standard InChI is InChI=1S/C13H15F2NO3/c14-10-4-3-8(6-11(10)15)12(13(17)18)16-7-9-2-1-5-19-9/h3-4,6,9,12,16H,1-2,5,7H2,(H,17,18). The van der Waals surface area contributed by atoms with Gasteiger partial charge in [0.05, 0.1) is 6.10 Å². The largest absolute Gasteiger partial charge is 0.480 e. The lowest BCUT2D eigenvalue weighted by Gasteiger charge is -2.17. The first-order chi connectivity index (χ1) is 9.08. The summed E-state index contributed by atoms with van der Waals surface area (Å²) in [6.07, 6.45) is 1.80. The third-order valence-corrected chi connectivity index (χ3v) is 3.10. The minimum absolute atomic E-state index is 0.0212. The summed E-state index contributed by atoms with van der Waals surface area (Å²) >= 11 is 0. The Hall–Kier alpha value is -1.53. The van der Waals surface area contributed by atoms with Crippen LogP contribution >= 0.6 is 0 Å². The van der Waals surface area contributed by atoms with Gasteiger partial charge in [-0.15, -0.1) is 0 Å². The molecule has 1 saturated heterocycles. The molecule has 0 aromatic heterocycles. The molecule has 19 heavy (non-hydrogen) atoms. The van der Waals surface area contributed by atoms with Crippen LogP contribution in [0.15, 0.2) is 18.2 Å². The molecule has 2 atom stereocenters. The Morgan fingerprint density at radius 2 is 2.26 bits per heavy atom. The molecule has 1 aliphatic heterocycles. The molecule has 104 valence electrons. The molecule has 0 aliphatic carbocycles. The van der Waals surface area contributed by atoms with E-state index in [4.69, 9.17) is 9.84 Å². The van der Waals surface area contributed by atoms with E-state index in [0.717, 1.165) is 25.0 Å². The topological polar surface area (TPSA) is 58.6 Å². The van der Waals surface area contributed by atoms with E-state index < -0.39 is 23.6 Å². The van der Waals surface area contributed by atoms with Gasteiger partial charge in [0.25, 0.3) is 0 Å². The zero-order valence-electron chi connectivity index (χ0n) is 10.2. The average Bonchev–Trinajstić information content (AvgIpc) is 2.86. The Kier molecular flexibility index (Phi) is 4.44. The van der Waals surface area contributed by atoms with E-state index in [1.54, 1.807) is 0 Å². The summed E-state index contributed by atoms with van der Waals surface area (Å²) in [5, 5.41) is 12.0. The fourth-order valence-electron chi connectivity index (χ4n) is 2.09. The highest BCUT2D eigenvalue weighted by Crippen LogP contribution is 2.18. The van der Waals surface area contributed by atoms with Crippen LogP contribution in [0.2, 0.25) is 0 Å². The van der Waals surface area contributed by atoms with Crippen molar-refractivity contribution in [3.8, 4) is 0 Å². The fourth-order valence-corrected chi connectivity index (χ4v) is 2.09. The van der Waals surface area contributed by atoms with E-state index in [1.165, 1.54) is 6.07 Å². The molecule has 4 nitrogen and oxygen atoms in total. The van der Waals surface area contributed by atoms with Crippen LogP contribution in [-0.2, 0) is 9.53 Å². The molecule has 0 radical (unpaired) electrons. The van der Waals surface area contributed by atoms with Gasteiger partial charge < -0.3 is 9.84 Å². The lowest BCUT2D eigenvalue weighted by molar-refractivity contribution is -0.139. The van der Waals surface area contributed by atoms with Crippen molar-refractivity contribution in [1.29, 1.82) is 0 Å². The van der Waals surface area contributed by atoms with E-state index >= 15 is 0 Å². The van der Waals surface area contributed by atoms with Crippen LogP contribution in [0.3, 0.4) is 0 Å². The van der Waals surface area contributed by atoms with Crippen molar-refractivity contribution in [3.63, 3.8) is 0 Å². The van der Waals surface area contributed by atoms with E-state index in [2.05, 4.69) is 5.32 Å². The second-order valence-electron chi connectivity index (χ2n) is 4.49. The van der Waals surface area contributed by atoms with Crippen molar-refractivity contribution >= 4 is 5.97 Å². The maximum atomic E-state index is 13.1. The number of carboxylic acid groups (broad SMARTS) is 1. The molecule has 6 heteroatoms. The third kappa shape index (κ3) is 3.48. The number of rotatable bonds is 5. The van der Waals surface area contributed by atoms with E-state index in [-0.39, 0.29) is 11.7 Å². The Labute approximate surface area is 109 Å². The summed E-state index contributed by atoms with van der Waals surface area (Å²) in [5.41, 5.74) is 0.185. The number of hydrogen-bond acceptors (Lipinski definition) is 3. The second-order valence-corrected chi connectivity index (χ2v) is 4.49. The molecule has 1 fully saturated rings. The van der Waals surface area contributed by atoms with Gasteiger partial charge in [0.1, 0.15) is 6.04 Å².